The first-order chi connectivity index (χ1) is 7.15. The third-order valence-electron chi connectivity index (χ3n) is 1.74. The van der Waals surface area contributed by atoms with Crippen molar-refractivity contribution >= 4 is 5.97 Å². The molecule has 1 heterocycles. The maximum atomic E-state index is 10.3. The third kappa shape index (κ3) is 3.09. The quantitative estimate of drug-likeness (QED) is 0.781. The molecule has 0 spiro atoms. The van der Waals surface area contributed by atoms with Crippen molar-refractivity contribution in [3.05, 3.63) is 29.1 Å². The number of aliphatic carboxylic acids is 1. The molecule has 15 heavy (non-hydrogen) atoms. The second kappa shape index (κ2) is 4.73. The van der Waals surface area contributed by atoms with E-state index in [0.29, 0.717) is 12.0 Å². The van der Waals surface area contributed by atoms with Crippen LogP contribution >= 0.6 is 0 Å². The summed E-state index contributed by atoms with van der Waals surface area (Å²) in [4.78, 5) is 14.1. The number of carboxylic acid groups (broad SMARTS) is 1. The van der Waals surface area contributed by atoms with Crippen LogP contribution in [-0.2, 0) is 11.2 Å². The van der Waals surface area contributed by atoms with Crippen LogP contribution in [0.15, 0.2) is 12.1 Å². The summed E-state index contributed by atoms with van der Waals surface area (Å²) in [6.07, 6.45) is 0.265. The number of aromatic nitrogens is 1. The molecule has 0 unspecified atom stereocenters. The van der Waals surface area contributed by atoms with Gasteiger partial charge in [0.25, 0.3) is 0 Å². The van der Waals surface area contributed by atoms with Gasteiger partial charge < -0.3 is 5.11 Å². The summed E-state index contributed by atoms with van der Waals surface area (Å²) < 4.78 is 0. The van der Waals surface area contributed by atoms with E-state index in [2.05, 4.69) is 4.98 Å². The Balaban J connectivity index is 2.94. The van der Waals surface area contributed by atoms with E-state index >= 15 is 0 Å². The van der Waals surface area contributed by atoms with E-state index in [4.69, 9.17) is 15.6 Å². The number of nitriles is 2. The van der Waals surface area contributed by atoms with Crippen LogP contribution in [0.25, 0.3) is 0 Å². The highest BCUT2D eigenvalue weighted by atomic mass is 16.4. The van der Waals surface area contributed by atoms with Crippen LogP contribution in [0.3, 0.4) is 0 Å². The number of nitrogens with zero attached hydrogens (tertiary/aromatic N) is 3. The Bertz CT molecular complexity index is 436. The van der Waals surface area contributed by atoms with Gasteiger partial charge in [0.1, 0.15) is 23.5 Å². The van der Waals surface area contributed by atoms with Crippen molar-refractivity contribution in [3.8, 4) is 12.1 Å². The average Bonchev–Trinajstić information content (AvgIpc) is 2.25. The molecular weight excluding hydrogens is 194 g/mol. The highest BCUT2D eigenvalue weighted by Gasteiger charge is 2.04. The zero-order valence-electron chi connectivity index (χ0n) is 7.77. The van der Waals surface area contributed by atoms with E-state index in [1.165, 1.54) is 12.1 Å². The smallest absolute Gasteiger partial charge is 0.303 e. The van der Waals surface area contributed by atoms with Gasteiger partial charge in [-0.15, -0.1) is 0 Å². The lowest BCUT2D eigenvalue weighted by Gasteiger charge is -1.99. The SMILES string of the molecule is N#Cc1cc(CCC(=O)O)cc(C#N)n1. The van der Waals surface area contributed by atoms with Crippen LogP contribution in [0.5, 0.6) is 0 Å². The molecule has 0 radical (unpaired) electrons. The van der Waals surface area contributed by atoms with Gasteiger partial charge >= 0.3 is 5.97 Å². The Labute approximate surface area is 86.2 Å². The Morgan fingerprint density at radius 2 is 1.87 bits per heavy atom. The van der Waals surface area contributed by atoms with Crippen molar-refractivity contribution in [1.82, 2.24) is 4.98 Å². The highest BCUT2D eigenvalue weighted by Crippen LogP contribution is 2.07. The second-order valence-corrected chi connectivity index (χ2v) is 2.86. The first-order valence-corrected chi connectivity index (χ1v) is 4.18. The lowest BCUT2D eigenvalue weighted by Crippen LogP contribution is -1.99. The van der Waals surface area contributed by atoms with Crippen molar-refractivity contribution in [2.75, 3.05) is 0 Å². The topological polar surface area (TPSA) is 97.8 Å². The Morgan fingerprint density at radius 3 is 2.27 bits per heavy atom. The van der Waals surface area contributed by atoms with Gasteiger partial charge in [0, 0.05) is 6.42 Å². The Kier molecular flexibility index (Phi) is 3.37. The van der Waals surface area contributed by atoms with E-state index in [0.717, 1.165) is 0 Å². The maximum absolute atomic E-state index is 10.3. The van der Waals surface area contributed by atoms with Crippen LogP contribution in [0.2, 0.25) is 0 Å². The van der Waals surface area contributed by atoms with Gasteiger partial charge in [-0.2, -0.15) is 10.5 Å². The summed E-state index contributed by atoms with van der Waals surface area (Å²) in [5, 5.41) is 25.7. The summed E-state index contributed by atoms with van der Waals surface area (Å²) in [6.45, 7) is 0. The van der Waals surface area contributed by atoms with Crippen molar-refractivity contribution in [1.29, 1.82) is 10.5 Å². The minimum Gasteiger partial charge on any atom is -0.481 e. The number of aryl methyl sites for hydroxylation is 1. The van der Waals surface area contributed by atoms with Gasteiger partial charge in [0.05, 0.1) is 0 Å². The summed E-state index contributed by atoms with van der Waals surface area (Å²) in [6, 6.07) is 6.62. The minimum atomic E-state index is -0.913. The fourth-order valence-electron chi connectivity index (χ4n) is 1.10. The van der Waals surface area contributed by atoms with E-state index in [-0.39, 0.29) is 17.8 Å². The Hall–Kier alpha value is -2.40. The summed E-state index contributed by atoms with van der Waals surface area (Å²) in [5.74, 6) is -0.913. The summed E-state index contributed by atoms with van der Waals surface area (Å²) in [5.41, 5.74) is 0.907. The van der Waals surface area contributed by atoms with Crippen LogP contribution in [0, 0.1) is 22.7 Å². The lowest BCUT2D eigenvalue weighted by molar-refractivity contribution is -0.136. The molecule has 1 aromatic rings. The van der Waals surface area contributed by atoms with Crippen LogP contribution in [0.1, 0.15) is 23.4 Å². The van der Waals surface area contributed by atoms with E-state index in [9.17, 15) is 4.79 Å². The minimum absolute atomic E-state index is 0.0280. The van der Waals surface area contributed by atoms with Gasteiger partial charge in [-0.3, -0.25) is 4.79 Å². The van der Waals surface area contributed by atoms with Crippen LogP contribution in [-0.4, -0.2) is 16.1 Å². The predicted octanol–water partition coefficient (Wildman–Crippen LogP) is 0.842. The normalized spacial score (nSPS) is 8.93. The third-order valence-corrected chi connectivity index (χ3v) is 1.74. The molecule has 0 fully saturated rings. The number of hydrogen-bond donors (Lipinski definition) is 1. The van der Waals surface area contributed by atoms with Gasteiger partial charge in [0.15, 0.2) is 0 Å². The lowest BCUT2D eigenvalue weighted by atomic mass is 10.1. The number of rotatable bonds is 3. The standard InChI is InChI=1S/C10H7N3O2/c11-5-8-3-7(1-2-10(14)15)4-9(6-12)13-8/h3-4H,1-2H2,(H,14,15). The molecule has 0 saturated heterocycles. The van der Waals surface area contributed by atoms with Crippen molar-refractivity contribution in [2.45, 2.75) is 12.8 Å². The zero-order chi connectivity index (χ0) is 11.3. The molecule has 0 atom stereocenters. The molecule has 1 N–H and O–H groups in total. The van der Waals surface area contributed by atoms with Crippen LogP contribution < -0.4 is 0 Å². The van der Waals surface area contributed by atoms with E-state index in [1.807, 2.05) is 12.1 Å². The fourth-order valence-corrected chi connectivity index (χ4v) is 1.10. The first-order valence-electron chi connectivity index (χ1n) is 4.18. The molecule has 5 heteroatoms. The predicted molar refractivity (Wildman–Crippen MR) is 49.6 cm³/mol. The van der Waals surface area contributed by atoms with Crippen molar-refractivity contribution in [2.24, 2.45) is 0 Å². The molecule has 74 valence electrons. The molecular formula is C10H7N3O2. The molecule has 0 aromatic carbocycles. The second-order valence-electron chi connectivity index (χ2n) is 2.86. The monoisotopic (exact) mass is 201 g/mol. The number of carbonyl (C=O) groups is 1. The molecule has 0 aliphatic rings. The Morgan fingerprint density at radius 1 is 1.33 bits per heavy atom. The highest BCUT2D eigenvalue weighted by molar-refractivity contribution is 5.67. The van der Waals surface area contributed by atoms with Gasteiger partial charge in [-0.05, 0) is 24.1 Å². The molecule has 1 rings (SSSR count). The molecule has 0 bridgehead atoms. The number of carboxylic acids is 1. The average molecular weight is 201 g/mol. The van der Waals surface area contributed by atoms with E-state index in [1.54, 1.807) is 0 Å². The summed E-state index contributed by atoms with van der Waals surface area (Å²) >= 11 is 0. The molecule has 0 saturated carbocycles. The molecule has 0 aliphatic heterocycles. The molecule has 1 aromatic heterocycles. The maximum Gasteiger partial charge on any atom is 0.303 e. The van der Waals surface area contributed by atoms with Gasteiger partial charge in [0.2, 0.25) is 0 Å². The van der Waals surface area contributed by atoms with E-state index < -0.39 is 5.97 Å². The molecule has 0 aliphatic carbocycles. The van der Waals surface area contributed by atoms with Crippen LogP contribution in [0.4, 0.5) is 0 Å². The van der Waals surface area contributed by atoms with Crippen molar-refractivity contribution < 1.29 is 9.90 Å². The first kappa shape index (κ1) is 10.7. The molecule has 5 nitrogen and oxygen atoms in total. The van der Waals surface area contributed by atoms with Crippen molar-refractivity contribution in [3.63, 3.8) is 0 Å². The number of hydrogen-bond acceptors (Lipinski definition) is 4. The largest absolute Gasteiger partial charge is 0.481 e. The van der Waals surface area contributed by atoms with Gasteiger partial charge in [-0.25, -0.2) is 4.98 Å². The number of pyridine rings is 1. The fraction of sp³-hybridized carbons (Fsp3) is 0.200. The summed E-state index contributed by atoms with van der Waals surface area (Å²) in [7, 11) is 0. The zero-order valence-corrected chi connectivity index (χ0v) is 7.77. The van der Waals surface area contributed by atoms with Gasteiger partial charge in [-0.1, -0.05) is 0 Å². The molecule has 0 amide bonds.